The van der Waals surface area contributed by atoms with Crippen LogP contribution >= 0.6 is 0 Å². The minimum absolute atomic E-state index is 0.944. The van der Waals surface area contributed by atoms with E-state index in [0.717, 1.165) is 25.4 Å². The zero-order chi connectivity index (χ0) is 14.6. The van der Waals surface area contributed by atoms with Gasteiger partial charge in [-0.3, -0.25) is 0 Å². The maximum atomic E-state index is 5.26. The summed E-state index contributed by atoms with van der Waals surface area (Å²) in [7, 11) is 3.91. The highest BCUT2D eigenvalue weighted by Gasteiger charge is 2.01. The molecule has 0 radical (unpaired) electrons. The van der Waals surface area contributed by atoms with Crippen molar-refractivity contribution in [2.75, 3.05) is 33.8 Å². The van der Waals surface area contributed by atoms with Crippen molar-refractivity contribution in [3.05, 3.63) is 29.8 Å². The first-order valence-electron chi connectivity index (χ1n) is 7.78. The third-order valence-electron chi connectivity index (χ3n) is 3.48. The van der Waals surface area contributed by atoms with Crippen molar-refractivity contribution >= 4 is 0 Å². The van der Waals surface area contributed by atoms with Gasteiger partial charge in [0.25, 0.3) is 0 Å². The van der Waals surface area contributed by atoms with Crippen LogP contribution < -0.4 is 10.1 Å². The van der Waals surface area contributed by atoms with E-state index in [0.29, 0.717) is 0 Å². The van der Waals surface area contributed by atoms with Gasteiger partial charge in [0.15, 0.2) is 0 Å². The average Bonchev–Trinajstić information content (AvgIpc) is 2.46. The molecule has 0 aliphatic heterocycles. The second-order valence-corrected chi connectivity index (χ2v) is 5.36. The molecule has 3 nitrogen and oxygen atoms in total. The summed E-state index contributed by atoms with van der Waals surface area (Å²) in [5, 5.41) is 3.37. The quantitative estimate of drug-likeness (QED) is 0.629. The van der Waals surface area contributed by atoms with E-state index in [-0.39, 0.29) is 0 Å². The molecule has 0 heterocycles. The first-order valence-corrected chi connectivity index (χ1v) is 7.78. The smallest absolute Gasteiger partial charge is 0.119 e. The van der Waals surface area contributed by atoms with E-state index in [1.165, 1.54) is 37.8 Å². The summed E-state index contributed by atoms with van der Waals surface area (Å²) in [4.78, 5) is 2.39. The van der Waals surface area contributed by atoms with E-state index < -0.39 is 0 Å². The monoisotopic (exact) mass is 278 g/mol. The Morgan fingerprint density at radius 3 is 2.70 bits per heavy atom. The van der Waals surface area contributed by atoms with E-state index in [9.17, 15) is 0 Å². The van der Waals surface area contributed by atoms with Gasteiger partial charge in [-0.25, -0.2) is 0 Å². The number of methoxy groups -OCH3 is 1. The lowest BCUT2D eigenvalue weighted by molar-refractivity contribution is 0.316. The van der Waals surface area contributed by atoms with Crippen LogP contribution in [0.1, 0.15) is 38.2 Å². The number of hydrogen-bond acceptors (Lipinski definition) is 3. The molecule has 0 aliphatic rings. The zero-order valence-electron chi connectivity index (χ0n) is 13.3. The second kappa shape index (κ2) is 10.7. The van der Waals surface area contributed by atoms with Gasteiger partial charge in [-0.05, 0) is 57.2 Å². The Kier molecular flexibility index (Phi) is 9.09. The minimum atomic E-state index is 0.944. The number of hydrogen-bond donors (Lipinski definition) is 1. The Balaban J connectivity index is 2.12. The van der Waals surface area contributed by atoms with Crippen LogP contribution in [0.25, 0.3) is 0 Å². The molecule has 3 heteroatoms. The summed E-state index contributed by atoms with van der Waals surface area (Å²) in [5.74, 6) is 0.944. The Morgan fingerprint density at radius 2 is 1.95 bits per heavy atom. The molecule has 0 spiro atoms. The van der Waals surface area contributed by atoms with E-state index in [4.69, 9.17) is 4.74 Å². The van der Waals surface area contributed by atoms with Crippen molar-refractivity contribution in [3.63, 3.8) is 0 Å². The maximum Gasteiger partial charge on any atom is 0.119 e. The van der Waals surface area contributed by atoms with Crippen LogP contribution in [-0.4, -0.2) is 38.7 Å². The lowest BCUT2D eigenvalue weighted by atomic mass is 10.1. The predicted molar refractivity (Wildman–Crippen MR) is 86.3 cm³/mol. The predicted octanol–water partition coefficient (Wildman–Crippen LogP) is 3.30. The van der Waals surface area contributed by atoms with Gasteiger partial charge in [0.2, 0.25) is 0 Å². The molecule has 1 rings (SSSR count). The van der Waals surface area contributed by atoms with Crippen LogP contribution in [0, 0.1) is 0 Å². The topological polar surface area (TPSA) is 24.5 Å². The molecule has 20 heavy (non-hydrogen) atoms. The van der Waals surface area contributed by atoms with Gasteiger partial charge in [-0.1, -0.05) is 31.9 Å². The molecule has 1 aromatic rings. The van der Waals surface area contributed by atoms with Gasteiger partial charge in [0.1, 0.15) is 5.75 Å². The minimum Gasteiger partial charge on any atom is -0.497 e. The highest BCUT2D eigenvalue weighted by atomic mass is 16.5. The van der Waals surface area contributed by atoms with Gasteiger partial charge >= 0.3 is 0 Å². The van der Waals surface area contributed by atoms with Crippen LogP contribution in [0.4, 0.5) is 0 Å². The summed E-state index contributed by atoms with van der Waals surface area (Å²) < 4.78 is 5.26. The number of unbranched alkanes of at least 4 members (excludes halogenated alkanes) is 3. The van der Waals surface area contributed by atoms with Crippen molar-refractivity contribution in [2.24, 2.45) is 0 Å². The van der Waals surface area contributed by atoms with Crippen molar-refractivity contribution in [3.8, 4) is 5.75 Å². The van der Waals surface area contributed by atoms with Crippen LogP contribution in [0.2, 0.25) is 0 Å². The van der Waals surface area contributed by atoms with Crippen molar-refractivity contribution in [2.45, 2.75) is 39.2 Å². The maximum absolute atomic E-state index is 5.26. The van der Waals surface area contributed by atoms with Gasteiger partial charge in [0, 0.05) is 6.54 Å². The largest absolute Gasteiger partial charge is 0.497 e. The number of nitrogens with zero attached hydrogens (tertiary/aromatic N) is 1. The highest BCUT2D eigenvalue weighted by molar-refractivity contribution is 5.28. The lowest BCUT2D eigenvalue weighted by Crippen LogP contribution is -2.19. The normalized spacial score (nSPS) is 11.0. The number of rotatable bonds is 11. The molecule has 1 aromatic carbocycles. The van der Waals surface area contributed by atoms with Crippen LogP contribution in [0.3, 0.4) is 0 Å². The zero-order valence-corrected chi connectivity index (χ0v) is 13.3. The Bertz CT molecular complexity index is 355. The number of ether oxygens (including phenoxy) is 1. The van der Waals surface area contributed by atoms with Gasteiger partial charge in [0.05, 0.1) is 7.11 Å². The molecule has 1 N–H and O–H groups in total. The molecule has 114 valence electrons. The molecule has 0 aliphatic carbocycles. The molecule has 0 unspecified atom stereocenters. The summed E-state index contributed by atoms with van der Waals surface area (Å²) in [6.07, 6.45) is 5.24. The van der Waals surface area contributed by atoms with E-state index in [1.54, 1.807) is 7.11 Å². The standard InChI is InChI=1S/C17H30N2O/c1-4-18-12-7-5-6-8-13-19(2)15-16-10-9-11-17(14-16)20-3/h9-11,14,18H,4-8,12-13,15H2,1-3H3. The Labute approximate surface area is 124 Å². The van der Waals surface area contributed by atoms with Gasteiger partial charge < -0.3 is 15.0 Å². The van der Waals surface area contributed by atoms with Crippen molar-refractivity contribution in [1.82, 2.24) is 10.2 Å². The molecule has 0 aromatic heterocycles. The summed E-state index contributed by atoms with van der Waals surface area (Å²) in [5.41, 5.74) is 1.32. The second-order valence-electron chi connectivity index (χ2n) is 5.36. The van der Waals surface area contributed by atoms with Crippen LogP contribution in [-0.2, 0) is 6.54 Å². The van der Waals surface area contributed by atoms with Gasteiger partial charge in [-0.2, -0.15) is 0 Å². The Morgan fingerprint density at radius 1 is 1.15 bits per heavy atom. The van der Waals surface area contributed by atoms with Crippen molar-refractivity contribution < 1.29 is 4.74 Å². The van der Waals surface area contributed by atoms with Crippen molar-refractivity contribution in [1.29, 1.82) is 0 Å². The van der Waals surface area contributed by atoms with E-state index >= 15 is 0 Å². The van der Waals surface area contributed by atoms with Crippen LogP contribution in [0.15, 0.2) is 24.3 Å². The van der Waals surface area contributed by atoms with Gasteiger partial charge in [-0.15, -0.1) is 0 Å². The fourth-order valence-corrected chi connectivity index (χ4v) is 2.32. The van der Waals surface area contributed by atoms with Crippen LogP contribution in [0.5, 0.6) is 5.75 Å². The average molecular weight is 278 g/mol. The third-order valence-corrected chi connectivity index (χ3v) is 3.48. The molecule has 0 saturated carbocycles. The highest BCUT2D eigenvalue weighted by Crippen LogP contribution is 2.14. The molecule has 0 saturated heterocycles. The third kappa shape index (κ3) is 7.51. The first kappa shape index (κ1) is 17.0. The van der Waals surface area contributed by atoms with E-state index in [1.807, 2.05) is 6.07 Å². The summed E-state index contributed by atoms with van der Waals surface area (Å²) in [6.45, 7) is 6.57. The fraction of sp³-hybridized carbons (Fsp3) is 0.647. The lowest BCUT2D eigenvalue weighted by Gasteiger charge is -2.17. The molecule has 0 bridgehead atoms. The molecule has 0 amide bonds. The number of nitrogens with one attached hydrogen (secondary N) is 1. The SMILES string of the molecule is CCNCCCCCCN(C)Cc1cccc(OC)c1. The van der Waals surface area contributed by atoms with E-state index in [2.05, 4.69) is 42.4 Å². The fourth-order valence-electron chi connectivity index (χ4n) is 2.32. The Hall–Kier alpha value is -1.06. The summed E-state index contributed by atoms with van der Waals surface area (Å²) >= 11 is 0. The first-order chi connectivity index (χ1) is 9.76. The molecular weight excluding hydrogens is 248 g/mol. The number of benzene rings is 1. The summed E-state index contributed by atoms with van der Waals surface area (Å²) in [6, 6.07) is 8.33. The molecule has 0 atom stereocenters. The molecule has 0 fully saturated rings. The molecular formula is C17H30N2O.